The maximum atomic E-state index is 11.4. The largest absolute Gasteiger partial charge is 0.481 e. The maximum Gasteiger partial charge on any atom is 0.305 e. The van der Waals surface area contributed by atoms with Gasteiger partial charge in [-0.2, -0.15) is 0 Å². The second-order valence-corrected chi connectivity index (χ2v) is 3.81. The van der Waals surface area contributed by atoms with Gasteiger partial charge in [-0.25, -0.2) is 0 Å². The van der Waals surface area contributed by atoms with Crippen LogP contribution in [0, 0.1) is 0 Å². The van der Waals surface area contributed by atoms with Gasteiger partial charge in [-0.1, -0.05) is 0 Å². The molecule has 98 valence electrons. The van der Waals surface area contributed by atoms with E-state index in [0.29, 0.717) is 12.4 Å². The van der Waals surface area contributed by atoms with Crippen LogP contribution in [0.15, 0.2) is 12.1 Å². The zero-order valence-corrected chi connectivity index (χ0v) is 10.3. The van der Waals surface area contributed by atoms with E-state index >= 15 is 0 Å². The first-order valence-corrected chi connectivity index (χ1v) is 5.63. The third kappa shape index (κ3) is 4.36. The van der Waals surface area contributed by atoms with Crippen LogP contribution >= 0.6 is 0 Å². The van der Waals surface area contributed by atoms with Crippen molar-refractivity contribution < 1.29 is 14.7 Å². The molecule has 1 amide bonds. The molecule has 0 bridgehead atoms. The smallest absolute Gasteiger partial charge is 0.305 e. The Bertz CT molecular complexity index is 419. The number of carboxylic acids is 1. The van der Waals surface area contributed by atoms with Crippen LogP contribution in [0.1, 0.15) is 30.8 Å². The average molecular weight is 252 g/mol. The molecule has 0 fully saturated rings. The summed E-state index contributed by atoms with van der Waals surface area (Å²) in [7, 11) is 0. The number of nitrogens with one attached hydrogen (secondary N) is 2. The van der Waals surface area contributed by atoms with Crippen molar-refractivity contribution in [1.29, 1.82) is 0 Å². The first-order chi connectivity index (χ1) is 8.52. The van der Waals surface area contributed by atoms with E-state index in [1.54, 1.807) is 13.0 Å². The average Bonchev–Trinajstić information content (AvgIpc) is 2.29. The number of nitrogens with zero attached hydrogens (tertiary/aromatic N) is 2. The molecule has 1 aromatic heterocycles. The molecule has 0 spiro atoms. The standard InChI is InChI=1S/C11H16N4O3/c1-3-12-11(18)8-4-5-9(15-14-8)13-7(2)6-10(16)17/h4-5,7H,3,6H2,1-2H3,(H,12,18)(H,13,15)(H,16,17). The topological polar surface area (TPSA) is 104 Å². The van der Waals surface area contributed by atoms with Gasteiger partial charge < -0.3 is 15.7 Å². The minimum Gasteiger partial charge on any atom is -0.481 e. The summed E-state index contributed by atoms with van der Waals surface area (Å²) in [5.74, 6) is -0.728. The van der Waals surface area contributed by atoms with Gasteiger partial charge in [0.25, 0.3) is 5.91 Å². The number of carboxylic acid groups (broad SMARTS) is 1. The Hall–Kier alpha value is -2.18. The number of anilines is 1. The van der Waals surface area contributed by atoms with Crippen LogP contribution in [-0.2, 0) is 4.79 Å². The summed E-state index contributed by atoms with van der Waals surface area (Å²) in [5, 5.41) is 21.7. The Morgan fingerprint density at radius 2 is 2.11 bits per heavy atom. The number of rotatable bonds is 6. The Labute approximate surface area is 105 Å². The number of aromatic nitrogens is 2. The molecule has 0 aromatic carbocycles. The highest BCUT2D eigenvalue weighted by atomic mass is 16.4. The van der Waals surface area contributed by atoms with Crippen molar-refractivity contribution in [2.45, 2.75) is 26.3 Å². The maximum absolute atomic E-state index is 11.4. The van der Waals surface area contributed by atoms with Crippen molar-refractivity contribution in [2.24, 2.45) is 0 Å². The second-order valence-electron chi connectivity index (χ2n) is 3.81. The van der Waals surface area contributed by atoms with Crippen molar-refractivity contribution in [2.75, 3.05) is 11.9 Å². The normalized spacial score (nSPS) is 11.7. The molecule has 3 N–H and O–H groups in total. The van der Waals surface area contributed by atoms with Gasteiger partial charge in [0, 0.05) is 12.6 Å². The monoisotopic (exact) mass is 252 g/mol. The Kier molecular flexibility index (Phi) is 5.04. The predicted molar refractivity (Wildman–Crippen MR) is 65.4 cm³/mol. The second kappa shape index (κ2) is 6.53. The minimum absolute atomic E-state index is 0.0141. The molecule has 0 radical (unpaired) electrons. The van der Waals surface area contributed by atoms with Crippen LogP contribution in [0.4, 0.5) is 5.82 Å². The fourth-order valence-corrected chi connectivity index (χ4v) is 1.35. The van der Waals surface area contributed by atoms with E-state index in [1.807, 2.05) is 6.92 Å². The molecule has 0 saturated carbocycles. The number of carbonyl (C=O) groups is 2. The molecule has 7 heteroatoms. The Balaban J connectivity index is 2.60. The van der Waals surface area contributed by atoms with Crippen molar-refractivity contribution in [3.63, 3.8) is 0 Å². The van der Waals surface area contributed by atoms with Crippen molar-refractivity contribution in [1.82, 2.24) is 15.5 Å². The van der Waals surface area contributed by atoms with Crippen molar-refractivity contribution in [3.05, 3.63) is 17.8 Å². The van der Waals surface area contributed by atoms with E-state index in [-0.39, 0.29) is 24.1 Å². The Morgan fingerprint density at radius 3 is 2.61 bits per heavy atom. The van der Waals surface area contributed by atoms with Gasteiger partial charge in [-0.05, 0) is 26.0 Å². The number of hydrogen-bond acceptors (Lipinski definition) is 5. The summed E-state index contributed by atoms with van der Waals surface area (Å²) in [6, 6.07) is 2.87. The van der Waals surface area contributed by atoms with Crippen LogP contribution in [0.25, 0.3) is 0 Å². The molecule has 1 atom stereocenters. The highest BCUT2D eigenvalue weighted by molar-refractivity contribution is 5.92. The van der Waals surface area contributed by atoms with Gasteiger partial charge in [-0.15, -0.1) is 10.2 Å². The lowest BCUT2D eigenvalue weighted by Crippen LogP contribution is -2.24. The molecule has 1 unspecified atom stereocenters. The molecule has 18 heavy (non-hydrogen) atoms. The minimum atomic E-state index is -0.887. The molecule has 1 rings (SSSR count). The van der Waals surface area contributed by atoms with Crippen LogP contribution in [0.5, 0.6) is 0 Å². The number of hydrogen-bond donors (Lipinski definition) is 3. The highest BCUT2D eigenvalue weighted by Gasteiger charge is 2.10. The zero-order valence-electron chi connectivity index (χ0n) is 10.3. The van der Waals surface area contributed by atoms with E-state index in [9.17, 15) is 9.59 Å². The quantitative estimate of drug-likeness (QED) is 0.681. The van der Waals surface area contributed by atoms with Gasteiger partial charge in [0.2, 0.25) is 0 Å². The van der Waals surface area contributed by atoms with E-state index < -0.39 is 5.97 Å². The van der Waals surface area contributed by atoms with Crippen LogP contribution < -0.4 is 10.6 Å². The first-order valence-electron chi connectivity index (χ1n) is 5.63. The SMILES string of the molecule is CCNC(=O)c1ccc(NC(C)CC(=O)O)nn1. The lowest BCUT2D eigenvalue weighted by molar-refractivity contribution is -0.137. The molecule has 1 aromatic rings. The summed E-state index contributed by atoms with van der Waals surface area (Å²) in [4.78, 5) is 21.9. The Morgan fingerprint density at radius 1 is 1.39 bits per heavy atom. The van der Waals surface area contributed by atoms with Gasteiger partial charge in [0.05, 0.1) is 6.42 Å². The van der Waals surface area contributed by atoms with Crippen LogP contribution in [-0.4, -0.2) is 39.8 Å². The van der Waals surface area contributed by atoms with Gasteiger partial charge >= 0.3 is 5.97 Å². The molecule has 0 saturated heterocycles. The summed E-state index contributed by atoms with van der Waals surface area (Å²) >= 11 is 0. The van der Waals surface area contributed by atoms with Crippen molar-refractivity contribution >= 4 is 17.7 Å². The molecular weight excluding hydrogens is 236 g/mol. The third-order valence-corrected chi connectivity index (χ3v) is 2.11. The van der Waals surface area contributed by atoms with E-state index in [4.69, 9.17) is 5.11 Å². The van der Waals surface area contributed by atoms with Gasteiger partial charge in [0.1, 0.15) is 5.82 Å². The van der Waals surface area contributed by atoms with Gasteiger partial charge in [0.15, 0.2) is 5.69 Å². The first kappa shape index (κ1) is 13.9. The van der Waals surface area contributed by atoms with E-state index in [1.165, 1.54) is 6.07 Å². The number of carbonyl (C=O) groups excluding carboxylic acids is 1. The molecule has 7 nitrogen and oxygen atoms in total. The molecule has 0 aliphatic carbocycles. The third-order valence-electron chi connectivity index (χ3n) is 2.11. The fraction of sp³-hybridized carbons (Fsp3) is 0.455. The fourth-order valence-electron chi connectivity index (χ4n) is 1.35. The zero-order chi connectivity index (χ0) is 13.5. The van der Waals surface area contributed by atoms with Crippen LogP contribution in [0.2, 0.25) is 0 Å². The van der Waals surface area contributed by atoms with Gasteiger partial charge in [-0.3, -0.25) is 9.59 Å². The van der Waals surface area contributed by atoms with E-state index in [0.717, 1.165) is 0 Å². The number of aliphatic carboxylic acids is 1. The van der Waals surface area contributed by atoms with Crippen LogP contribution in [0.3, 0.4) is 0 Å². The van der Waals surface area contributed by atoms with Crippen molar-refractivity contribution in [3.8, 4) is 0 Å². The molecule has 1 heterocycles. The summed E-state index contributed by atoms with van der Waals surface area (Å²) in [6.45, 7) is 4.07. The lowest BCUT2D eigenvalue weighted by Gasteiger charge is -2.11. The predicted octanol–water partition coefficient (Wildman–Crippen LogP) is 0.501. The molecular formula is C11H16N4O3. The number of amides is 1. The summed E-state index contributed by atoms with van der Waals surface area (Å²) in [6.07, 6.45) is -0.0141. The summed E-state index contributed by atoms with van der Waals surface area (Å²) in [5.41, 5.74) is 0.230. The highest BCUT2D eigenvalue weighted by Crippen LogP contribution is 2.05. The van der Waals surface area contributed by atoms with E-state index in [2.05, 4.69) is 20.8 Å². The lowest BCUT2D eigenvalue weighted by atomic mass is 10.2. The summed E-state index contributed by atoms with van der Waals surface area (Å²) < 4.78 is 0. The molecule has 0 aliphatic heterocycles. The molecule has 0 aliphatic rings.